The average Bonchev–Trinajstić information content (AvgIpc) is 2.61. The highest BCUT2D eigenvalue weighted by atomic mass is 32.2. The molecule has 2 aromatic rings. The van der Waals surface area contributed by atoms with E-state index in [1.165, 1.54) is 31.3 Å². The van der Waals surface area contributed by atoms with Crippen molar-refractivity contribution in [2.75, 3.05) is 12.8 Å². The molecule has 7 heteroatoms. The zero-order chi connectivity index (χ0) is 18.0. The first-order valence-corrected chi connectivity index (χ1v) is 9.62. The summed E-state index contributed by atoms with van der Waals surface area (Å²) in [4.78, 5) is 11.7. The summed E-state index contributed by atoms with van der Waals surface area (Å²) in [7, 11) is -2.15. The number of fused-ring (bicyclic) bond motifs is 1. The Morgan fingerprint density at radius 1 is 1.16 bits per heavy atom. The van der Waals surface area contributed by atoms with Gasteiger partial charge < -0.3 is 11.1 Å². The molecule has 132 valence electrons. The zero-order valence-electron chi connectivity index (χ0n) is 14.0. The number of anilines is 1. The Hall–Kier alpha value is -2.38. The molecule has 1 atom stereocenters. The van der Waals surface area contributed by atoms with Crippen LogP contribution in [0.15, 0.2) is 47.4 Å². The largest absolute Gasteiger partial charge is 0.399 e. The van der Waals surface area contributed by atoms with Gasteiger partial charge in [0.05, 0.1) is 4.90 Å². The fourth-order valence-electron chi connectivity index (χ4n) is 3.14. The van der Waals surface area contributed by atoms with Crippen molar-refractivity contribution >= 4 is 21.6 Å². The summed E-state index contributed by atoms with van der Waals surface area (Å²) in [6.45, 7) is 0. The van der Waals surface area contributed by atoms with Crippen molar-refractivity contribution in [3.63, 3.8) is 0 Å². The van der Waals surface area contributed by atoms with Crippen LogP contribution in [-0.2, 0) is 16.4 Å². The Labute approximate surface area is 147 Å². The number of hydrogen-bond donors (Lipinski definition) is 3. The minimum absolute atomic E-state index is 0.141. The number of nitrogen functional groups attached to an aromatic ring is 1. The highest BCUT2D eigenvalue weighted by molar-refractivity contribution is 7.89. The van der Waals surface area contributed by atoms with Gasteiger partial charge in [0.1, 0.15) is 0 Å². The zero-order valence-corrected chi connectivity index (χ0v) is 14.8. The summed E-state index contributed by atoms with van der Waals surface area (Å²) in [5.41, 5.74) is 9.00. The molecule has 0 heterocycles. The first-order chi connectivity index (χ1) is 11.9. The SMILES string of the molecule is CNC(=O)c1ccc(S(=O)(=O)NC2CCCc3cc(N)ccc32)cc1. The molecule has 6 nitrogen and oxygen atoms in total. The van der Waals surface area contributed by atoms with Crippen molar-refractivity contribution in [2.24, 2.45) is 0 Å². The number of nitrogens with one attached hydrogen (secondary N) is 2. The third-order valence-electron chi connectivity index (χ3n) is 4.43. The van der Waals surface area contributed by atoms with Crippen molar-refractivity contribution in [3.05, 3.63) is 59.2 Å². The summed E-state index contributed by atoms with van der Waals surface area (Å²) in [5, 5.41) is 2.51. The summed E-state index contributed by atoms with van der Waals surface area (Å²) in [5.74, 6) is -0.254. The Bertz CT molecular complexity index is 892. The lowest BCUT2D eigenvalue weighted by atomic mass is 9.88. The molecule has 0 bridgehead atoms. The maximum Gasteiger partial charge on any atom is 0.251 e. The first-order valence-electron chi connectivity index (χ1n) is 8.13. The van der Waals surface area contributed by atoms with Crippen molar-refractivity contribution in [2.45, 2.75) is 30.2 Å². The lowest BCUT2D eigenvalue weighted by molar-refractivity contribution is 0.0963. The van der Waals surface area contributed by atoms with Gasteiger partial charge in [-0.1, -0.05) is 6.07 Å². The monoisotopic (exact) mass is 359 g/mol. The number of benzene rings is 2. The van der Waals surface area contributed by atoms with E-state index in [0.717, 1.165) is 30.4 Å². The van der Waals surface area contributed by atoms with E-state index in [2.05, 4.69) is 10.0 Å². The number of carbonyl (C=O) groups excluding carboxylic acids is 1. The van der Waals surface area contributed by atoms with E-state index < -0.39 is 10.0 Å². The van der Waals surface area contributed by atoms with Gasteiger partial charge in [-0.25, -0.2) is 13.1 Å². The van der Waals surface area contributed by atoms with Crippen molar-refractivity contribution in [3.8, 4) is 0 Å². The maximum atomic E-state index is 12.7. The highest BCUT2D eigenvalue weighted by Crippen LogP contribution is 2.32. The summed E-state index contributed by atoms with van der Waals surface area (Å²) in [6, 6.07) is 11.2. The van der Waals surface area contributed by atoms with Crippen LogP contribution in [0.1, 0.15) is 40.4 Å². The van der Waals surface area contributed by atoms with Crippen molar-refractivity contribution < 1.29 is 13.2 Å². The molecular weight excluding hydrogens is 338 g/mol. The molecule has 4 N–H and O–H groups in total. The number of hydrogen-bond acceptors (Lipinski definition) is 4. The Morgan fingerprint density at radius 2 is 1.88 bits per heavy atom. The summed E-state index contributed by atoms with van der Waals surface area (Å²) in [6.07, 6.45) is 2.55. The summed E-state index contributed by atoms with van der Waals surface area (Å²) < 4.78 is 28.2. The maximum absolute atomic E-state index is 12.7. The molecule has 0 saturated heterocycles. The van der Waals surface area contributed by atoms with Crippen LogP contribution in [0.3, 0.4) is 0 Å². The quantitative estimate of drug-likeness (QED) is 0.727. The molecule has 1 amide bonds. The third-order valence-corrected chi connectivity index (χ3v) is 5.92. The molecule has 0 fully saturated rings. The Kier molecular flexibility index (Phi) is 4.78. The van der Waals surface area contributed by atoms with E-state index in [9.17, 15) is 13.2 Å². The number of nitrogens with two attached hydrogens (primary N) is 1. The van der Waals surface area contributed by atoms with Crippen LogP contribution >= 0.6 is 0 Å². The van der Waals surface area contributed by atoms with Gasteiger partial charge in [0.15, 0.2) is 0 Å². The average molecular weight is 359 g/mol. The lowest BCUT2D eigenvalue weighted by Crippen LogP contribution is -2.31. The van der Waals surface area contributed by atoms with E-state index >= 15 is 0 Å². The fourth-order valence-corrected chi connectivity index (χ4v) is 4.39. The van der Waals surface area contributed by atoms with Crippen LogP contribution < -0.4 is 15.8 Å². The number of sulfonamides is 1. The van der Waals surface area contributed by atoms with E-state index in [4.69, 9.17) is 5.73 Å². The highest BCUT2D eigenvalue weighted by Gasteiger charge is 2.26. The van der Waals surface area contributed by atoms with Gasteiger partial charge >= 0.3 is 0 Å². The van der Waals surface area contributed by atoms with Crippen LogP contribution in [0.25, 0.3) is 0 Å². The van der Waals surface area contributed by atoms with Crippen LogP contribution in [0.4, 0.5) is 5.69 Å². The van der Waals surface area contributed by atoms with Gasteiger partial charge in [0.2, 0.25) is 10.0 Å². The van der Waals surface area contributed by atoms with Gasteiger partial charge in [-0.2, -0.15) is 0 Å². The van der Waals surface area contributed by atoms with Crippen molar-refractivity contribution in [1.29, 1.82) is 0 Å². The molecule has 1 unspecified atom stereocenters. The predicted molar refractivity (Wildman–Crippen MR) is 96.7 cm³/mol. The number of aryl methyl sites for hydroxylation is 1. The van der Waals surface area contributed by atoms with E-state index in [-0.39, 0.29) is 16.8 Å². The second-order valence-corrected chi connectivity index (χ2v) is 7.84. The van der Waals surface area contributed by atoms with Gasteiger partial charge in [-0.3, -0.25) is 4.79 Å². The van der Waals surface area contributed by atoms with Crippen LogP contribution in [-0.4, -0.2) is 21.4 Å². The van der Waals surface area contributed by atoms with Gasteiger partial charge in [-0.05, 0) is 66.8 Å². The van der Waals surface area contributed by atoms with E-state index in [1.54, 1.807) is 6.07 Å². The lowest BCUT2D eigenvalue weighted by Gasteiger charge is -2.26. The number of rotatable bonds is 4. The summed E-state index contributed by atoms with van der Waals surface area (Å²) >= 11 is 0. The minimum Gasteiger partial charge on any atom is -0.399 e. The van der Waals surface area contributed by atoms with Gasteiger partial charge in [-0.15, -0.1) is 0 Å². The first kappa shape index (κ1) is 17.4. The third kappa shape index (κ3) is 3.67. The molecule has 25 heavy (non-hydrogen) atoms. The van der Waals surface area contributed by atoms with Crippen LogP contribution in [0.5, 0.6) is 0 Å². The smallest absolute Gasteiger partial charge is 0.251 e. The molecule has 0 aliphatic heterocycles. The Morgan fingerprint density at radius 3 is 2.56 bits per heavy atom. The predicted octanol–water partition coefficient (Wildman–Crippen LogP) is 1.98. The molecule has 0 spiro atoms. The minimum atomic E-state index is -3.67. The molecule has 0 aromatic heterocycles. The standard InChI is InChI=1S/C18H21N3O3S/c1-20-18(22)12-5-8-15(9-6-12)25(23,24)21-17-4-2-3-13-11-14(19)7-10-16(13)17/h5-11,17,21H,2-4,19H2,1H3,(H,20,22). The van der Waals surface area contributed by atoms with E-state index in [0.29, 0.717) is 11.3 Å². The van der Waals surface area contributed by atoms with Crippen molar-refractivity contribution in [1.82, 2.24) is 10.0 Å². The molecule has 0 saturated carbocycles. The normalized spacial score (nSPS) is 16.9. The molecule has 0 radical (unpaired) electrons. The fraction of sp³-hybridized carbons (Fsp3) is 0.278. The second kappa shape index (κ2) is 6.85. The molecule has 1 aliphatic carbocycles. The second-order valence-electron chi connectivity index (χ2n) is 6.13. The van der Waals surface area contributed by atoms with Crippen LogP contribution in [0, 0.1) is 0 Å². The molecular formula is C18H21N3O3S. The molecule has 3 rings (SSSR count). The molecule has 2 aromatic carbocycles. The Balaban J connectivity index is 1.84. The number of amides is 1. The number of carbonyl (C=O) groups is 1. The molecule has 1 aliphatic rings. The van der Waals surface area contributed by atoms with Gasteiger partial charge in [0, 0.05) is 24.3 Å². The van der Waals surface area contributed by atoms with Gasteiger partial charge in [0.25, 0.3) is 5.91 Å². The van der Waals surface area contributed by atoms with E-state index in [1.807, 2.05) is 12.1 Å². The topological polar surface area (TPSA) is 101 Å². The van der Waals surface area contributed by atoms with Crippen LogP contribution in [0.2, 0.25) is 0 Å².